The van der Waals surface area contributed by atoms with Crippen LogP contribution < -0.4 is 5.69 Å². The highest BCUT2D eigenvalue weighted by Crippen LogP contribution is 2.30. The van der Waals surface area contributed by atoms with Crippen LogP contribution in [-0.4, -0.2) is 19.3 Å². The summed E-state index contributed by atoms with van der Waals surface area (Å²) in [5, 5.41) is 6.71. The van der Waals surface area contributed by atoms with Crippen molar-refractivity contribution < 1.29 is 26.4 Å². The Kier molecular flexibility index (Phi) is 5.11. The summed E-state index contributed by atoms with van der Waals surface area (Å²) >= 11 is 0. The van der Waals surface area contributed by atoms with E-state index < -0.39 is 29.6 Å². The first kappa shape index (κ1) is 21.7. The summed E-state index contributed by atoms with van der Waals surface area (Å²) in [6, 6.07) is 9.90. The van der Waals surface area contributed by atoms with Crippen LogP contribution in [0.2, 0.25) is 0 Å². The van der Waals surface area contributed by atoms with E-state index in [1.54, 1.807) is 19.1 Å². The number of halogens is 4. The zero-order valence-electron chi connectivity index (χ0n) is 17.9. The van der Waals surface area contributed by atoms with Gasteiger partial charge in [0.05, 0.1) is 23.1 Å². The predicted octanol–water partition coefficient (Wildman–Crippen LogP) is 5.22. The van der Waals surface area contributed by atoms with Crippen LogP contribution in [0.15, 0.2) is 56.1 Å². The van der Waals surface area contributed by atoms with E-state index in [-0.39, 0.29) is 34.6 Å². The number of hydrogen-bond donors (Lipinski definition) is 0. The van der Waals surface area contributed by atoms with Crippen molar-refractivity contribution in [1.82, 2.24) is 19.3 Å². The van der Waals surface area contributed by atoms with Crippen LogP contribution in [0.3, 0.4) is 0 Å². The molecule has 34 heavy (non-hydrogen) atoms. The molecule has 11 heteroatoms. The Morgan fingerprint density at radius 3 is 2.41 bits per heavy atom. The molecule has 0 aliphatic rings. The first-order chi connectivity index (χ1) is 16.2. The summed E-state index contributed by atoms with van der Waals surface area (Å²) in [5.41, 5.74) is 0.682. The minimum absolute atomic E-state index is 0.107. The fraction of sp³-hybridized carbons (Fsp3) is 0.174. The van der Waals surface area contributed by atoms with E-state index in [1.165, 1.54) is 40.4 Å². The van der Waals surface area contributed by atoms with E-state index in [1.807, 2.05) is 0 Å². The van der Waals surface area contributed by atoms with Crippen molar-refractivity contribution in [2.24, 2.45) is 7.05 Å². The van der Waals surface area contributed by atoms with E-state index in [0.717, 1.165) is 6.07 Å². The summed E-state index contributed by atoms with van der Waals surface area (Å²) in [5.74, 6) is -1.50. The van der Waals surface area contributed by atoms with Crippen molar-refractivity contribution in [3.8, 4) is 22.8 Å². The van der Waals surface area contributed by atoms with Gasteiger partial charge in [-0.2, -0.15) is 8.78 Å². The highest BCUT2D eigenvalue weighted by atomic mass is 19.3. The monoisotopic (exact) mass is 472 g/mol. The zero-order chi connectivity index (χ0) is 24.1. The van der Waals surface area contributed by atoms with E-state index >= 15 is 0 Å². The molecule has 0 unspecified atom stereocenters. The molecule has 174 valence electrons. The quantitative estimate of drug-likeness (QED) is 0.328. The van der Waals surface area contributed by atoms with Gasteiger partial charge in [-0.15, -0.1) is 10.2 Å². The minimum atomic E-state index is -2.94. The van der Waals surface area contributed by atoms with E-state index in [4.69, 9.17) is 8.83 Å². The van der Waals surface area contributed by atoms with E-state index in [2.05, 4.69) is 10.2 Å². The van der Waals surface area contributed by atoms with Gasteiger partial charge in [0.1, 0.15) is 23.2 Å². The number of imidazole rings is 1. The highest BCUT2D eigenvalue weighted by molar-refractivity contribution is 5.82. The van der Waals surface area contributed by atoms with Crippen LogP contribution in [0.5, 0.6) is 0 Å². The lowest BCUT2D eigenvalue weighted by Crippen LogP contribution is -2.23. The van der Waals surface area contributed by atoms with Crippen LogP contribution >= 0.6 is 0 Å². The van der Waals surface area contributed by atoms with Crippen LogP contribution in [0, 0.1) is 18.6 Å². The van der Waals surface area contributed by atoms with Crippen molar-refractivity contribution in [2.75, 3.05) is 0 Å². The fourth-order valence-electron chi connectivity index (χ4n) is 3.76. The Balaban J connectivity index is 1.53. The molecular formula is C23H16F4N4O3. The maximum atomic E-state index is 14.9. The molecule has 0 bridgehead atoms. The topological polar surface area (TPSA) is 79.0 Å². The fourth-order valence-corrected chi connectivity index (χ4v) is 3.76. The third-order valence-corrected chi connectivity index (χ3v) is 5.50. The second-order valence-electron chi connectivity index (χ2n) is 7.71. The number of benzene rings is 2. The molecule has 7 nitrogen and oxygen atoms in total. The van der Waals surface area contributed by atoms with Gasteiger partial charge in [0, 0.05) is 24.2 Å². The van der Waals surface area contributed by atoms with Gasteiger partial charge in [-0.25, -0.2) is 13.6 Å². The predicted molar refractivity (Wildman–Crippen MR) is 113 cm³/mol. The van der Waals surface area contributed by atoms with Gasteiger partial charge in [-0.3, -0.25) is 9.13 Å². The van der Waals surface area contributed by atoms with Crippen LogP contribution in [0.4, 0.5) is 17.6 Å². The molecule has 3 aromatic heterocycles. The smallest absolute Gasteiger partial charge is 0.329 e. The molecule has 5 rings (SSSR count). The Morgan fingerprint density at radius 2 is 1.76 bits per heavy atom. The van der Waals surface area contributed by atoms with Crippen molar-refractivity contribution in [3.63, 3.8) is 0 Å². The molecule has 2 aromatic carbocycles. The Hall–Kier alpha value is -4.15. The minimum Gasteiger partial charge on any atom is -0.461 e. The molecule has 0 radical (unpaired) electrons. The number of rotatable bonds is 5. The third kappa shape index (κ3) is 3.58. The molecule has 3 heterocycles. The number of fused-ring (bicyclic) bond motifs is 1. The van der Waals surface area contributed by atoms with E-state index in [9.17, 15) is 22.4 Å². The second-order valence-corrected chi connectivity index (χ2v) is 7.71. The number of aromatic nitrogens is 4. The Morgan fingerprint density at radius 1 is 0.971 bits per heavy atom. The maximum absolute atomic E-state index is 14.9. The molecule has 0 fully saturated rings. The molecule has 0 spiro atoms. The van der Waals surface area contributed by atoms with Crippen molar-refractivity contribution in [3.05, 3.63) is 81.8 Å². The number of hydrogen-bond acceptors (Lipinski definition) is 5. The average Bonchev–Trinajstić information content (AvgIpc) is 3.51. The zero-order valence-corrected chi connectivity index (χ0v) is 17.9. The van der Waals surface area contributed by atoms with Gasteiger partial charge in [0.25, 0.3) is 5.89 Å². The van der Waals surface area contributed by atoms with Crippen molar-refractivity contribution in [2.45, 2.75) is 19.9 Å². The lowest BCUT2D eigenvalue weighted by molar-refractivity contribution is 0.116. The van der Waals surface area contributed by atoms with Gasteiger partial charge in [-0.1, -0.05) is 6.07 Å². The molecule has 0 aliphatic carbocycles. The first-order valence-corrected chi connectivity index (χ1v) is 10.1. The van der Waals surface area contributed by atoms with Gasteiger partial charge < -0.3 is 8.83 Å². The molecule has 0 aliphatic heterocycles. The Labute approximate surface area is 188 Å². The van der Waals surface area contributed by atoms with Crippen LogP contribution in [0.1, 0.15) is 23.6 Å². The molecule has 0 amide bonds. The summed E-state index contributed by atoms with van der Waals surface area (Å²) < 4.78 is 68.0. The lowest BCUT2D eigenvalue weighted by Gasteiger charge is -2.07. The van der Waals surface area contributed by atoms with Gasteiger partial charge in [0.2, 0.25) is 5.89 Å². The number of aryl methyl sites for hydroxylation is 2. The lowest BCUT2D eigenvalue weighted by atomic mass is 10.1. The van der Waals surface area contributed by atoms with Crippen LogP contribution in [-0.2, 0) is 13.6 Å². The summed E-state index contributed by atoms with van der Waals surface area (Å²) in [7, 11) is 1.53. The number of alkyl halides is 2. The van der Waals surface area contributed by atoms with Crippen molar-refractivity contribution >= 4 is 11.0 Å². The molecule has 0 N–H and O–H groups in total. The van der Waals surface area contributed by atoms with Gasteiger partial charge in [0.15, 0.2) is 0 Å². The van der Waals surface area contributed by atoms with Crippen molar-refractivity contribution in [1.29, 1.82) is 0 Å². The first-order valence-electron chi connectivity index (χ1n) is 10.1. The van der Waals surface area contributed by atoms with Gasteiger partial charge in [-0.05, 0) is 37.3 Å². The molecule has 0 atom stereocenters. The molecular weight excluding hydrogens is 456 g/mol. The Bertz CT molecular complexity index is 1600. The maximum Gasteiger partial charge on any atom is 0.329 e. The molecule has 5 aromatic rings. The molecule has 0 saturated heterocycles. The summed E-state index contributed by atoms with van der Waals surface area (Å²) in [6.07, 6.45) is -2.94. The van der Waals surface area contributed by atoms with E-state index in [0.29, 0.717) is 17.0 Å². The summed E-state index contributed by atoms with van der Waals surface area (Å²) in [4.78, 5) is 12.9. The highest BCUT2D eigenvalue weighted by Gasteiger charge is 2.20. The number of furan rings is 1. The SMILES string of the molecule is Cc1ccc(-c2cc3c(cc2F)n(Cc2ccc(-c4nnc(C(F)F)o4)cc2F)c(=O)n3C)o1. The standard InChI is InChI=1S/C23H16F4N4O3/c1-11-3-6-19(33-11)14-8-17-18(9-16(14)25)31(23(32)30(17)2)10-13-5-4-12(7-15(13)24)21-28-29-22(34-21)20(26)27/h3-9,20H,10H2,1-2H3. The number of nitrogens with zero attached hydrogens (tertiary/aromatic N) is 4. The largest absolute Gasteiger partial charge is 0.461 e. The summed E-state index contributed by atoms with van der Waals surface area (Å²) in [6.45, 7) is 1.55. The molecule has 0 saturated carbocycles. The van der Waals surface area contributed by atoms with Crippen LogP contribution in [0.25, 0.3) is 33.8 Å². The average molecular weight is 472 g/mol. The third-order valence-electron chi connectivity index (χ3n) is 5.50. The normalized spacial score (nSPS) is 11.7. The van der Waals surface area contributed by atoms with Gasteiger partial charge >= 0.3 is 12.1 Å². The second kappa shape index (κ2) is 8.01.